The highest BCUT2D eigenvalue weighted by atomic mass is 32.1. The lowest BCUT2D eigenvalue weighted by atomic mass is 9.97. The lowest BCUT2D eigenvalue weighted by molar-refractivity contribution is -0.146. The zero-order valence-corrected chi connectivity index (χ0v) is 21.0. The van der Waals surface area contributed by atoms with Crippen LogP contribution in [0.15, 0.2) is 36.4 Å². The van der Waals surface area contributed by atoms with Gasteiger partial charge in [0.2, 0.25) is 0 Å². The van der Waals surface area contributed by atoms with Crippen LogP contribution in [0, 0.1) is 23.2 Å². The molecule has 8 nitrogen and oxygen atoms in total. The van der Waals surface area contributed by atoms with Gasteiger partial charge in [0.25, 0.3) is 0 Å². The topological polar surface area (TPSA) is 119 Å². The number of rotatable bonds is 6. The van der Waals surface area contributed by atoms with Crippen molar-refractivity contribution in [3.8, 4) is 27.2 Å². The van der Waals surface area contributed by atoms with Gasteiger partial charge in [-0.3, -0.25) is 4.79 Å². The van der Waals surface area contributed by atoms with E-state index in [9.17, 15) is 14.9 Å². The molecule has 1 aliphatic heterocycles. The Kier molecular flexibility index (Phi) is 6.46. The number of carbonyl (C=O) groups excluding carboxylic acids is 1. The van der Waals surface area contributed by atoms with Crippen molar-refractivity contribution in [2.45, 2.75) is 39.2 Å². The van der Waals surface area contributed by atoms with Crippen molar-refractivity contribution in [3.63, 3.8) is 0 Å². The lowest BCUT2D eigenvalue weighted by Gasteiger charge is -2.37. The second-order valence-corrected chi connectivity index (χ2v) is 10.8. The Hall–Kier alpha value is -3.77. The number of nitriles is 1. The summed E-state index contributed by atoms with van der Waals surface area (Å²) in [6.07, 6.45) is 2.45. The molecular formula is C27H27N5O3S. The van der Waals surface area contributed by atoms with Crippen molar-refractivity contribution in [2.24, 2.45) is 11.8 Å². The van der Waals surface area contributed by atoms with E-state index in [1.165, 1.54) is 11.3 Å². The molecule has 9 heteroatoms. The molecule has 1 fully saturated rings. The van der Waals surface area contributed by atoms with E-state index >= 15 is 0 Å². The van der Waals surface area contributed by atoms with Gasteiger partial charge in [-0.2, -0.15) is 5.26 Å². The number of carbonyl (C=O) groups is 2. The van der Waals surface area contributed by atoms with E-state index < -0.39 is 11.9 Å². The van der Waals surface area contributed by atoms with Gasteiger partial charge in [0.05, 0.1) is 23.6 Å². The SMILES string of the molecule is CC(C)Cc1ccc(-c2nnc(-c3cccc4c3CC[C@@H]4NC(=O)N3CC(C(=O)O)C3)s2)cc1C#N. The van der Waals surface area contributed by atoms with E-state index in [0.717, 1.165) is 57.1 Å². The molecule has 5 rings (SSSR count). The number of benzene rings is 2. The van der Waals surface area contributed by atoms with Gasteiger partial charge in [-0.15, -0.1) is 10.2 Å². The Morgan fingerprint density at radius 2 is 2.00 bits per heavy atom. The number of hydrogen-bond acceptors (Lipinski definition) is 6. The molecule has 0 unspecified atom stereocenters. The molecule has 0 bridgehead atoms. The molecular weight excluding hydrogens is 474 g/mol. The predicted molar refractivity (Wildman–Crippen MR) is 136 cm³/mol. The van der Waals surface area contributed by atoms with Gasteiger partial charge in [-0.25, -0.2) is 4.79 Å². The lowest BCUT2D eigenvalue weighted by Crippen LogP contribution is -2.56. The Morgan fingerprint density at radius 1 is 1.22 bits per heavy atom. The van der Waals surface area contributed by atoms with E-state index in [0.29, 0.717) is 11.5 Å². The highest BCUT2D eigenvalue weighted by molar-refractivity contribution is 7.17. The molecule has 2 aliphatic rings. The molecule has 1 aliphatic carbocycles. The number of aliphatic carboxylic acids is 1. The fraction of sp³-hybridized carbons (Fsp3) is 0.370. The van der Waals surface area contributed by atoms with Crippen LogP contribution in [0.25, 0.3) is 21.1 Å². The maximum Gasteiger partial charge on any atom is 0.317 e. The number of urea groups is 1. The highest BCUT2D eigenvalue weighted by Gasteiger charge is 2.37. The third-order valence-electron chi connectivity index (χ3n) is 6.85. The van der Waals surface area contributed by atoms with Crippen molar-refractivity contribution in [2.75, 3.05) is 13.1 Å². The summed E-state index contributed by atoms with van der Waals surface area (Å²) in [6.45, 7) is 4.78. The summed E-state index contributed by atoms with van der Waals surface area (Å²) < 4.78 is 0. The monoisotopic (exact) mass is 501 g/mol. The van der Waals surface area contributed by atoms with Gasteiger partial charge in [0, 0.05) is 24.2 Å². The number of amides is 2. The number of aromatic nitrogens is 2. The van der Waals surface area contributed by atoms with Crippen LogP contribution in [0.5, 0.6) is 0 Å². The Balaban J connectivity index is 1.34. The van der Waals surface area contributed by atoms with Crippen LogP contribution in [0.2, 0.25) is 0 Å². The number of likely N-dealkylation sites (tertiary alicyclic amines) is 1. The fourth-order valence-corrected chi connectivity index (χ4v) is 5.82. The first-order valence-corrected chi connectivity index (χ1v) is 12.9. The average Bonchev–Trinajstić information content (AvgIpc) is 3.45. The highest BCUT2D eigenvalue weighted by Crippen LogP contribution is 2.40. The van der Waals surface area contributed by atoms with Crippen LogP contribution in [0.3, 0.4) is 0 Å². The molecule has 1 aromatic heterocycles. The summed E-state index contributed by atoms with van der Waals surface area (Å²) in [5.41, 5.74) is 5.84. The largest absolute Gasteiger partial charge is 0.481 e. The van der Waals surface area contributed by atoms with Crippen molar-refractivity contribution >= 4 is 23.3 Å². The fourth-order valence-electron chi connectivity index (χ4n) is 4.93. The summed E-state index contributed by atoms with van der Waals surface area (Å²) in [6, 6.07) is 13.9. The van der Waals surface area contributed by atoms with Gasteiger partial charge in [-0.05, 0) is 47.9 Å². The molecule has 2 heterocycles. The average molecular weight is 502 g/mol. The number of fused-ring (bicyclic) bond motifs is 1. The zero-order valence-electron chi connectivity index (χ0n) is 20.2. The van der Waals surface area contributed by atoms with Gasteiger partial charge < -0.3 is 15.3 Å². The van der Waals surface area contributed by atoms with Crippen molar-refractivity contribution < 1.29 is 14.7 Å². The summed E-state index contributed by atoms with van der Waals surface area (Å²) in [4.78, 5) is 25.2. The predicted octanol–water partition coefficient (Wildman–Crippen LogP) is 4.66. The molecule has 1 saturated heterocycles. The van der Waals surface area contributed by atoms with Crippen LogP contribution in [0.1, 0.15) is 48.6 Å². The van der Waals surface area contributed by atoms with E-state index in [1.807, 2.05) is 36.4 Å². The number of hydrogen-bond donors (Lipinski definition) is 2. The number of carboxylic acids is 1. The maximum atomic E-state index is 12.6. The molecule has 36 heavy (non-hydrogen) atoms. The Labute approximate surface area is 213 Å². The first kappa shape index (κ1) is 23.9. The molecule has 0 radical (unpaired) electrons. The molecule has 184 valence electrons. The van der Waals surface area contributed by atoms with Crippen molar-refractivity contribution in [1.29, 1.82) is 5.26 Å². The van der Waals surface area contributed by atoms with Crippen molar-refractivity contribution in [3.05, 3.63) is 58.7 Å². The Bertz CT molecular complexity index is 1370. The molecule has 2 amide bonds. The first-order valence-electron chi connectivity index (χ1n) is 12.1. The van der Waals surface area contributed by atoms with E-state index in [4.69, 9.17) is 5.11 Å². The number of carboxylic acid groups (broad SMARTS) is 1. The summed E-state index contributed by atoms with van der Waals surface area (Å²) in [5, 5.41) is 32.2. The van der Waals surface area contributed by atoms with Crippen LogP contribution in [-0.4, -0.2) is 45.3 Å². The van der Waals surface area contributed by atoms with Gasteiger partial charge in [0.1, 0.15) is 10.0 Å². The van der Waals surface area contributed by atoms with Gasteiger partial charge in [-0.1, -0.05) is 55.5 Å². The minimum Gasteiger partial charge on any atom is -0.481 e. The smallest absolute Gasteiger partial charge is 0.317 e. The van der Waals surface area contributed by atoms with Gasteiger partial charge in [0.15, 0.2) is 0 Å². The van der Waals surface area contributed by atoms with Crippen LogP contribution in [0.4, 0.5) is 4.79 Å². The first-order chi connectivity index (χ1) is 17.3. The van der Waals surface area contributed by atoms with E-state index in [2.05, 4.69) is 35.4 Å². The van der Waals surface area contributed by atoms with E-state index in [1.54, 1.807) is 4.90 Å². The second kappa shape index (κ2) is 9.70. The minimum absolute atomic E-state index is 0.115. The van der Waals surface area contributed by atoms with Gasteiger partial charge >= 0.3 is 12.0 Å². The Morgan fingerprint density at radius 3 is 2.72 bits per heavy atom. The van der Waals surface area contributed by atoms with Crippen LogP contribution >= 0.6 is 11.3 Å². The summed E-state index contributed by atoms with van der Waals surface area (Å²) >= 11 is 1.50. The number of nitrogens with zero attached hydrogens (tertiary/aromatic N) is 4. The molecule has 3 aromatic rings. The molecule has 2 N–H and O–H groups in total. The summed E-state index contributed by atoms with van der Waals surface area (Å²) in [5.74, 6) is -0.862. The third-order valence-corrected chi connectivity index (χ3v) is 7.85. The molecule has 0 spiro atoms. The second-order valence-electron chi connectivity index (χ2n) is 9.85. The zero-order chi connectivity index (χ0) is 25.4. The quantitative estimate of drug-likeness (QED) is 0.507. The standard InChI is InChI=1S/C27H27N5O3S/c1-15(2)10-16-6-7-17(11-18(16)12-28)24-30-31-25(36-24)22-5-3-4-21-20(22)8-9-23(21)29-27(35)32-13-19(14-32)26(33)34/h3-7,11,15,19,23H,8-10,13-14H2,1-2H3,(H,29,35)(H,33,34)/t23-/m0/s1. The maximum absolute atomic E-state index is 12.6. The van der Waals surface area contributed by atoms with Crippen molar-refractivity contribution in [1.82, 2.24) is 20.4 Å². The van der Waals surface area contributed by atoms with Crippen LogP contribution in [-0.2, 0) is 17.6 Å². The normalized spacial score (nSPS) is 16.9. The minimum atomic E-state index is -0.860. The molecule has 0 saturated carbocycles. The molecule has 2 aromatic carbocycles. The van der Waals surface area contributed by atoms with E-state index in [-0.39, 0.29) is 25.2 Å². The van der Waals surface area contributed by atoms with Crippen LogP contribution < -0.4 is 5.32 Å². The number of nitrogens with one attached hydrogen (secondary N) is 1. The third kappa shape index (κ3) is 4.56. The summed E-state index contributed by atoms with van der Waals surface area (Å²) in [7, 11) is 0. The molecule has 1 atom stereocenters.